The Morgan fingerprint density at radius 3 is 2.61 bits per heavy atom. The highest BCUT2D eigenvalue weighted by Gasteiger charge is 2.31. The molecule has 1 heterocycles. The molecular formula is C14H18N4. The molecule has 0 bridgehead atoms. The molecule has 1 aliphatic carbocycles. The zero-order chi connectivity index (χ0) is 12.5. The molecule has 2 N–H and O–H groups in total. The second-order valence-electron chi connectivity index (χ2n) is 4.94. The number of benzene rings is 1. The second-order valence-corrected chi connectivity index (χ2v) is 4.94. The maximum absolute atomic E-state index is 5.72. The van der Waals surface area contributed by atoms with Crippen molar-refractivity contribution < 1.29 is 0 Å². The molecule has 0 atom stereocenters. The van der Waals surface area contributed by atoms with E-state index in [0.29, 0.717) is 6.04 Å². The number of nitrogens with zero attached hydrogens (tertiary/aromatic N) is 3. The van der Waals surface area contributed by atoms with Crippen LogP contribution in [0.15, 0.2) is 36.7 Å². The van der Waals surface area contributed by atoms with Crippen LogP contribution in [0.1, 0.15) is 18.4 Å². The lowest BCUT2D eigenvalue weighted by atomic mass is 10.2. The van der Waals surface area contributed by atoms with E-state index < -0.39 is 0 Å². The van der Waals surface area contributed by atoms with E-state index in [4.69, 9.17) is 5.73 Å². The number of hydrogen-bond donors (Lipinski definition) is 1. The number of rotatable bonds is 4. The first-order chi connectivity index (χ1) is 8.74. The van der Waals surface area contributed by atoms with Gasteiger partial charge in [0, 0.05) is 37.7 Å². The van der Waals surface area contributed by atoms with Crippen LogP contribution in [0.4, 0.5) is 11.6 Å². The molecule has 0 unspecified atom stereocenters. The van der Waals surface area contributed by atoms with Crippen LogP contribution in [0.25, 0.3) is 0 Å². The maximum Gasteiger partial charge on any atom is 0.205 e. The van der Waals surface area contributed by atoms with E-state index in [1.165, 1.54) is 18.4 Å². The standard InChI is InChI=1S/C14H18N4/c1-17-9-8-16-14(17)18(13-6-7-13)10-11-2-4-12(15)5-3-11/h2-5,8-9,13H,6-7,10,15H2,1H3. The van der Waals surface area contributed by atoms with Gasteiger partial charge in [0.25, 0.3) is 0 Å². The van der Waals surface area contributed by atoms with Gasteiger partial charge in [-0.2, -0.15) is 0 Å². The van der Waals surface area contributed by atoms with Gasteiger partial charge in [-0.25, -0.2) is 4.98 Å². The van der Waals surface area contributed by atoms with Gasteiger partial charge in [-0.1, -0.05) is 12.1 Å². The number of aryl methyl sites for hydroxylation is 1. The van der Waals surface area contributed by atoms with Crippen LogP contribution in [0.5, 0.6) is 0 Å². The minimum atomic E-state index is 0.642. The van der Waals surface area contributed by atoms with Gasteiger partial charge in [0.1, 0.15) is 0 Å². The third-order valence-electron chi connectivity index (χ3n) is 3.37. The zero-order valence-electron chi connectivity index (χ0n) is 10.6. The van der Waals surface area contributed by atoms with Gasteiger partial charge in [0.05, 0.1) is 0 Å². The van der Waals surface area contributed by atoms with Crippen LogP contribution < -0.4 is 10.6 Å². The normalized spacial score (nSPS) is 14.7. The van der Waals surface area contributed by atoms with E-state index in [0.717, 1.165) is 18.2 Å². The lowest BCUT2D eigenvalue weighted by Crippen LogP contribution is -2.27. The summed E-state index contributed by atoms with van der Waals surface area (Å²) in [6.45, 7) is 0.899. The third kappa shape index (κ3) is 2.18. The maximum atomic E-state index is 5.72. The molecule has 0 amide bonds. The monoisotopic (exact) mass is 242 g/mol. The van der Waals surface area contributed by atoms with E-state index >= 15 is 0 Å². The van der Waals surface area contributed by atoms with E-state index in [1.807, 2.05) is 31.6 Å². The summed E-state index contributed by atoms with van der Waals surface area (Å²) in [5.41, 5.74) is 7.81. The fraction of sp³-hybridized carbons (Fsp3) is 0.357. The summed E-state index contributed by atoms with van der Waals surface area (Å²) in [4.78, 5) is 6.84. The Kier molecular flexibility index (Phi) is 2.70. The van der Waals surface area contributed by atoms with Crippen molar-refractivity contribution in [2.75, 3.05) is 10.6 Å². The van der Waals surface area contributed by atoms with E-state index in [-0.39, 0.29) is 0 Å². The molecular weight excluding hydrogens is 224 g/mol. The van der Waals surface area contributed by atoms with Gasteiger partial charge < -0.3 is 15.2 Å². The molecule has 0 saturated heterocycles. The molecule has 0 radical (unpaired) electrons. The highest BCUT2D eigenvalue weighted by Crippen LogP contribution is 2.31. The molecule has 1 aromatic heterocycles. The fourth-order valence-corrected chi connectivity index (χ4v) is 2.20. The van der Waals surface area contributed by atoms with Crippen molar-refractivity contribution in [3.05, 3.63) is 42.2 Å². The van der Waals surface area contributed by atoms with Crippen molar-refractivity contribution in [2.24, 2.45) is 7.05 Å². The molecule has 1 saturated carbocycles. The summed E-state index contributed by atoms with van der Waals surface area (Å²) in [5, 5.41) is 0. The smallest absolute Gasteiger partial charge is 0.205 e. The quantitative estimate of drug-likeness (QED) is 0.836. The van der Waals surface area contributed by atoms with Crippen LogP contribution in [-0.4, -0.2) is 15.6 Å². The summed E-state index contributed by atoms with van der Waals surface area (Å²) in [7, 11) is 2.04. The Morgan fingerprint density at radius 1 is 1.33 bits per heavy atom. The summed E-state index contributed by atoms with van der Waals surface area (Å²) >= 11 is 0. The molecule has 0 spiro atoms. The molecule has 1 aliphatic rings. The largest absolute Gasteiger partial charge is 0.399 e. The lowest BCUT2D eigenvalue weighted by Gasteiger charge is -2.23. The highest BCUT2D eigenvalue weighted by atomic mass is 15.3. The molecule has 4 heteroatoms. The Hall–Kier alpha value is -1.97. The van der Waals surface area contributed by atoms with Crippen molar-refractivity contribution in [3.8, 4) is 0 Å². The molecule has 0 aliphatic heterocycles. The Morgan fingerprint density at radius 2 is 2.06 bits per heavy atom. The topological polar surface area (TPSA) is 47.1 Å². The molecule has 94 valence electrons. The van der Waals surface area contributed by atoms with Gasteiger partial charge >= 0.3 is 0 Å². The first-order valence-corrected chi connectivity index (χ1v) is 6.32. The number of nitrogen functional groups attached to an aromatic ring is 1. The Labute approximate surface area is 107 Å². The number of imidazole rings is 1. The van der Waals surface area contributed by atoms with Crippen molar-refractivity contribution in [1.29, 1.82) is 0 Å². The summed E-state index contributed by atoms with van der Waals surface area (Å²) in [6, 6.07) is 8.74. The molecule has 4 nitrogen and oxygen atoms in total. The lowest BCUT2D eigenvalue weighted by molar-refractivity contribution is 0.728. The van der Waals surface area contributed by atoms with Gasteiger partial charge in [-0.15, -0.1) is 0 Å². The van der Waals surface area contributed by atoms with E-state index in [2.05, 4.69) is 26.6 Å². The molecule has 2 aromatic rings. The molecule has 18 heavy (non-hydrogen) atoms. The first-order valence-electron chi connectivity index (χ1n) is 6.32. The van der Waals surface area contributed by atoms with Crippen molar-refractivity contribution in [1.82, 2.24) is 9.55 Å². The van der Waals surface area contributed by atoms with E-state index in [1.54, 1.807) is 0 Å². The van der Waals surface area contributed by atoms with Gasteiger partial charge in [-0.3, -0.25) is 0 Å². The minimum Gasteiger partial charge on any atom is -0.399 e. The van der Waals surface area contributed by atoms with Gasteiger partial charge in [0.15, 0.2) is 0 Å². The first kappa shape index (κ1) is 11.1. The summed E-state index contributed by atoms with van der Waals surface area (Å²) in [5.74, 6) is 1.05. The van der Waals surface area contributed by atoms with Crippen molar-refractivity contribution in [2.45, 2.75) is 25.4 Å². The van der Waals surface area contributed by atoms with Gasteiger partial charge in [0.2, 0.25) is 5.95 Å². The average molecular weight is 242 g/mol. The zero-order valence-corrected chi connectivity index (χ0v) is 10.6. The predicted molar refractivity (Wildman–Crippen MR) is 73.3 cm³/mol. The number of hydrogen-bond acceptors (Lipinski definition) is 3. The predicted octanol–water partition coefficient (Wildman–Crippen LogP) is 2.17. The summed E-state index contributed by atoms with van der Waals surface area (Å²) in [6.07, 6.45) is 6.38. The number of anilines is 2. The minimum absolute atomic E-state index is 0.642. The molecule has 1 aromatic carbocycles. The van der Waals surface area contributed by atoms with E-state index in [9.17, 15) is 0 Å². The number of nitrogens with two attached hydrogens (primary N) is 1. The second kappa shape index (κ2) is 4.37. The van der Waals surface area contributed by atoms with Crippen LogP contribution >= 0.6 is 0 Å². The van der Waals surface area contributed by atoms with Crippen LogP contribution in [0.2, 0.25) is 0 Å². The van der Waals surface area contributed by atoms with Crippen LogP contribution in [0.3, 0.4) is 0 Å². The number of aromatic nitrogens is 2. The van der Waals surface area contributed by atoms with Crippen molar-refractivity contribution >= 4 is 11.6 Å². The molecule has 1 fully saturated rings. The summed E-state index contributed by atoms with van der Waals surface area (Å²) < 4.78 is 2.08. The molecule has 3 rings (SSSR count). The fourth-order valence-electron chi connectivity index (χ4n) is 2.20. The third-order valence-corrected chi connectivity index (χ3v) is 3.37. The average Bonchev–Trinajstić information content (AvgIpc) is 3.12. The SMILES string of the molecule is Cn1ccnc1N(Cc1ccc(N)cc1)C1CC1. The van der Waals surface area contributed by atoms with Crippen LogP contribution in [-0.2, 0) is 13.6 Å². The van der Waals surface area contributed by atoms with Gasteiger partial charge in [-0.05, 0) is 30.5 Å². The van der Waals surface area contributed by atoms with Crippen LogP contribution in [0, 0.1) is 0 Å². The Bertz CT molecular complexity index is 525. The highest BCUT2D eigenvalue weighted by molar-refractivity contribution is 5.42. The van der Waals surface area contributed by atoms with Crippen molar-refractivity contribution in [3.63, 3.8) is 0 Å². The Balaban J connectivity index is 1.83.